The minimum atomic E-state index is -0.590. The first-order chi connectivity index (χ1) is 9.68. The van der Waals surface area contributed by atoms with Gasteiger partial charge in [0.1, 0.15) is 5.52 Å². The molecule has 3 rings (SSSR count). The zero-order chi connectivity index (χ0) is 14.1. The van der Waals surface area contributed by atoms with Crippen LogP contribution in [-0.4, -0.2) is 28.1 Å². The van der Waals surface area contributed by atoms with Gasteiger partial charge in [-0.25, -0.2) is 0 Å². The van der Waals surface area contributed by atoms with Gasteiger partial charge in [-0.3, -0.25) is 15.1 Å². The number of nitrogens with zero attached hydrogens (tertiary/aromatic N) is 2. The number of fused-ring (bicyclic) bond motifs is 1. The van der Waals surface area contributed by atoms with Crippen LogP contribution in [0.4, 0.5) is 5.69 Å². The molecule has 0 radical (unpaired) electrons. The molecule has 0 spiro atoms. The fourth-order valence-corrected chi connectivity index (χ4v) is 2.85. The molecule has 0 aliphatic carbocycles. The number of aromatic hydroxyl groups is 1. The quantitative estimate of drug-likeness (QED) is 0.647. The minimum Gasteiger partial charge on any atom is -0.501 e. The molecule has 1 fully saturated rings. The molecular formula is C14H15N3O3. The third-order valence-corrected chi connectivity index (χ3v) is 3.87. The van der Waals surface area contributed by atoms with E-state index in [4.69, 9.17) is 0 Å². The second-order valence-corrected chi connectivity index (χ2v) is 5.01. The Bertz CT molecular complexity index is 666. The van der Waals surface area contributed by atoms with Crippen molar-refractivity contribution in [1.29, 1.82) is 0 Å². The van der Waals surface area contributed by atoms with Gasteiger partial charge in [-0.15, -0.1) is 0 Å². The number of phenolic OH excluding ortho intramolecular Hbond substituents is 1. The van der Waals surface area contributed by atoms with Crippen molar-refractivity contribution in [1.82, 2.24) is 10.3 Å². The zero-order valence-electron chi connectivity index (χ0n) is 10.9. The van der Waals surface area contributed by atoms with Crippen molar-refractivity contribution in [2.24, 2.45) is 0 Å². The molecule has 20 heavy (non-hydrogen) atoms. The highest BCUT2D eigenvalue weighted by Crippen LogP contribution is 2.37. The molecule has 0 amide bonds. The van der Waals surface area contributed by atoms with E-state index in [0.29, 0.717) is 11.4 Å². The number of phenols is 1. The van der Waals surface area contributed by atoms with Gasteiger partial charge in [0.2, 0.25) is 5.75 Å². The average molecular weight is 273 g/mol. The van der Waals surface area contributed by atoms with Gasteiger partial charge in [0.15, 0.2) is 0 Å². The number of nitrogens with one attached hydrogen (secondary N) is 1. The van der Waals surface area contributed by atoms with Crippen LogP contribution in [0.15, 0.2) is 24.4 Å². The van der Waals surface area contributed by atoms with Gasteiger partial charge in [0, 0.05) is 17.6 Å². The molecule has 6 heteroatoms. The molecule has 1 aromatic carbocycles. The van der Waals surface area contributed by atoms with Gasteiger partial charge < -0.3 is 10.4 Å². The van der Waals surface area contributed by atoms with E-state index >= 15 is 0 Å². The molecular weight excluding hydrogens is 258 g/mol. The fourth-order valence-electron chi connectivity index (χ4n) is 2.85. The van der Waals surface area contributed by atoms with Crippen molar-refractivity contribution in [3.8, 4) is 5.75 Å². The number of aromatic nitrogens is 1. The molecule has 2 N–H and O–H groups in total. The summed E-state index contributed by atoms with van der Waals surface area (Å²) < 4.78 is 0. The van der Waals surface area contributed by atoms with Gasteiger partial charge >= 0.3 is 5.69 Å². The smallest absolute Gasteiger partial charge is 0.313 e. The van der Waals surface area contributed by atoms with E-state index in [-0.39, 0.29) is 11.4 Å². The first-order valence-electron chi connectivity index (χ1n) is 6.64. The molecule has 1 aliphatic heterocycles. The van der Waals surface area contributed by atoms with Crippen molar-refractivity contribution in [3.05, 3.63) is 40.1 Å². The third-order valence-electron chi connectivity index (χ3n) is 3.87. The molecule has 104 valence electrons. The van der Waals surface area contributed by atoms with Gasteiger partial charge in [-0.05, 0) is 49.5 Å². The maximum Gasteiger partial charge on any atom is 0.313 e. The molecule has 2 heterocycles. The topological polar surface area (TPSA) is 88.3 Å². The average Bonchev–Trinajstić information content (AvgIpc) is 2.48. The lowest BCUT2D eigenvalue weighted by Gasteiger charge is -2.24. The summed E-state index contributed by atoms with van der Waals surface area (Å²) in [6.45, 7) is 1.93. The summed E-state index contributed by atoms with van der Waals surface area (Å²) in [7, 11) is 0. The Hall–Kier alpha value is -2.21. The van der Waals surface area contributed by atoms with E-state index in [0.717, 1.165) is 36.9 Å². The maximum atomic E-state index is 10.9. The first kappa shape index (κ1) is 12.8. The maximum absolute atomic E-state index is 10.9. The SMILES string of the molecule is O=[N+]([O-])c1ccc2c(C3CCNCC3)ccnc2c1O. The molecule has 0 bridgehead atoms. The summed E-state index contributed by atoms with van der Waals surface area (Å²) in [5.74, 6) is 0.0610. The highest BCUT2D eigenvalue weighted by Gasteiger charge is 2.22. The molecule has 0 saturated carbocycles. The van der Waals surface area contributed by atoms with E-state index in [1.54, 1.807) is 12.3 Å². The van der Waals surface area contributed by atoms with Crippen molar-refractivity contribution >= 4 is 16.6 Å². The van der Waals surface area contributed by atoms with Crippen LogP contribution in [0.5, 0.6) is 5.75 Å². The predicted octanol–water partition coefficient (Wildman–Crippen LogP) is 2.32. The fraction of sp³-hybridized carbons (Fsp3) is 0.357. The lowest BCUT2D eigenvalue weighted by Crippen LogP contribution is -2.26. The summed E-state index contributed by atoms with van der Waals surface area (Å²) in [6, 6.07) is 4.99. The van der Waals surface area contributed by atoms with E-state index in [1.807, 2.05) is 6.07 Å². The lowest BCUT2D eigenvalue weighted by molar-refractivity contribution is -0.385. The Morgan fingerprint density at radius 2 is 2.05 bits per heavy atom. The van der Waals surface area contributed by atoms with E-state index < -0.39 is 4.92 Å². The summed E-state index contributed by atoms with van der Waals surface area (Å²) in [6.07, 6.45) is 3.66. The molecule has 0 unspecified atom stereocenters. The van der Waals surface area contributed by atoms with Gasteiger partial charge in [-0.2, -0.15) is 0 Å². The Morgan fingerprint density at radius 1 is 1.30 bits per heavy atom. The van der Waals surface area contributed by atoms with Crippen LogP contribution in [0, 0.1) is 10.1 Å². The largest absolute Gasteiger partial charge is 0.501 e. The first-order valence-corrected chi connectivity index (χ1v) is 6.64. The number of rotatable bonds is 2. The zero-order valence-corrected chi connectivity index (χ0v) is 10.9. The van der Waals surface area contributed by atoms with Crippen LogP contribution in [0.25, 0.3) is 10.9 Å². The molecule has 1 aliphatic rings. The van der Waals surface area contributed by atoms with Crippen molar-refractivity contribution in [2.45, 2.75) is 18.8 Å². The van der Waals surface area contributed by atoms with Gasteiger partial charge in [0.25, 0.3) is 0 Å². The molecule has 0 atom stereocenters. The highest BCUT2D eigenvalue weighted by molar-refractivity contribution is 5.90. The van der Waals surface area contributed by atoms with E-state index in [9.17, 15) is 15.2 Å². The standard InChI is InChI=1S/C14H15N3O3/c18-14-12(17(19)20)2-1-11-10(5-8-16-13(11)14)9-3-6-15-7-4-9/h1-2,5,8-9,15,18H,3-4,6-7H2. The van der Waals surface area contributed by atoms with Crippen LogP contribution < -0.4 is 5.32 Å². The monoisotopic (exact) mass is 273 g/mol. The number of nitro benzene ring substituents is 1. The molecule has 1 saturated heterocycles. The number of piperidine rings is 1. The van der Waals surface area contributed by atoms with Gasteiger partial charge in [0.05, 0.1) is 4.92 Å². The Labute approximate surface area is 115 Å². The van der Waals surface area contributed by atoms with E-state index in [1.165, 1.54) is 6.07 Å². The second kappa shape index (κ2) is 5.05. The number of nitro groups is 1. The number of hydrogen-bond acceptors (Lipinski definition) is 5. The van der Waals surface area contributed by atoms with Crippen LogP contribution in [0.3, 0.4) is 0 Å². The summed E-state index contributed by atoms with van der Waals surface area (Å²) in [5.41, 5.74) is 1.13. The summed E-state index contributed by atoms with van der Waals surface area (Å²) >= 11 is 0. The number of pyridine rings is 1. The normalized spacial score (nSPS) is 16.4. The predicted molar refractivity (Wildman–Crippen MR) is 74.9 cm³/mol. The summed E-state index contributed by atoms with van der Waals surface area (Å²) in [4.78, 5) is 14.4. The Kier molecular flexibility index (Phi) is 3.23. The second-order valence-electron chi connectivity index (χ2n) is 5.01. The minimum absolute atomic E-state index is 0.299. The highest BCUT2D eigenvalue weighted by atomic mass is 16.6. The van der Waals surface area contributed by atoms with Crippen LogP contribution in [0.1, 0.15) is 24.3 Å². The Balaban J connectivity index is 2.15. The summed E-state index contributed by atoms with van der Waals surface area (Å²) in [5, 5.41) is 25.0. The van der Waals surface area contributed by atoms with E-state index in [2.05, 4.69) is 10.3 Å². The lowest BCUT2D eigenvalue weighted by atomic mass is 9.88. The molecule has 1 aromatic heterocycles. The number of hydrogen-bond donors (Lipinski definition) is 2. The number of benzene rings is 1. The van der Waals surface area contributed by atoms with Crippen LogP contribution >= 0.6 is 0 Å². The van der Waals surface area contributed by atoms with Crippen molar-refractivity contribution in [2.75, 3.05) is 13.1 Å². The van der Waals surface area contributed by atoms with Gasteiger partial charge in [-0.1, -0.05) is 0 Å². The van der Waals surface area contributed by atoms with Crippen molar-refractivity contribution in [3.63, 3.8) is 0 Å². The van der Waals surface area contributed by atoms with Crippen molar-refractivity contribution < 1.29 is 10.0 Å². The van der Waals surface area contributed by atoms with Crippen LogP contribution in [0.2, 0.25) is 0 Å². The molecule has 2 aromatic rings. The third kappa shape index (κ3) is 2.08. The Morgan fingerprint density at radius 3 is 2.75 bits per heavy atom. The molecule has 6 nitrogen and oxygen atoms in total. The van der Waals surface area contributed by atoms with Crippen LogP contribution in [-0.2, 0) is 0 Å².